The summed E-state index contributed by atoms with van der Waals surface area (Å²) in [6.45, 7) is 0. The lowest BCUT2D eigenvalue weighted by atomic mass is 10.0. The molecule has 0 radical (unpaired) electrons. The van der Waals surface area contributed by atoms with Gasteiger partial charge in [0.05, 0.1) is 5.56 Å². The van der Waals surface area contributed by atoms with E-state index in [1.165, 1.54) is 6.07 Å². The maximum atomic E-state index is 13.5. The van der Waals surface area contributed by atoms with Crippen LogP contribution < -0.4 is 5.73 Å². The smallest absolute Gasteiger partial charge is 0.266 e. The number of halogens is 3. The molecule has 0 bridgehead atoms. The Labute approximate surface area is 79.7 Å². The van der Waals surface area contributed by atoms with Gasteiger partial charge in [0.15, 0.2) is 0 Å². The van der Waals surface area contributed by atoms with Crippen molar-refractivity contribution < 1.29 is 13.2 Å². The van der Waals surface area contributed by atoms with Crippen LogP contribution in [0.25, 0.3) is 0 Å². The minimum absolute atomic E-state index is 0.203. The Bertz CT molecular complexity index is 363. The molecule has 0 aromatic heterocycles. The van der Waals surface area contributed by atoms with Gasteiger partial charge in [-0.1, -0.05) is 12.1 Å². The SMILES string of the molecule is NC1CCc2c1ccc(C(F)F)c2F. The summed E-state index contributed by atoms with van der Waals surface area (Å²) in [6.07, 6.45) is -1.65. The molecule has 0 amide bonds. The molecule has 0 aliphatic heterocycles. The summed E-state index contributed by atoms with van der Waals surface area (Å²) in [5, 5.41) is 0. The highest BCUT2D eigenvalue weighted by Gasteiger charge is 2.26. The highest BCUT2D eigenvalue weighted by molar-refractivity contribution is 5.39. The van der Waals surface area contributed by atoms with Gasteiger partial charge in [0.25, 0.3) is 6.43 Å². The minimum Gasteiger partial charge on any atom is -0.324 e. The van der Waals surface area contributed by atoms with Crippen molar-refractivity contribution in [2.45, 2.75) is 25.3 Å². The van der Waals surface area contributed by atoms with E-state index in [2.05, 4.69) is 0 Å². The van der Waals surface area contributed by atoms with Crippen LogP contribution in [-0.2, 0) is 6.42 Å². The number of hydrogen-bond donors (Lipinski definition) is 1. The zero-order chi connectivity index (χ0) is 10.3. The van der Waals surface area contributed by atoms with Crippen molar-refractivity contribution >= 4 is 0 Å². The summed E-state index contributed by atoms with van der Waals surface area (Å²) in [6, 6.07) is 2.44. The molecule has 1 aromatic carbocycles. The molecule has 0 heterocycles. The summed E-state index contributed by atoms with van der Waals surface area (Å²) in [7, 11) is 0. The van der Waals surface area contributed by atoms with Gasteiger partial charge >= 0.3 is 0 Å². The first-order chi connectivity index (χ1) is 6.61. The van der Waals surface area contributed by atoms with Crippen molar-refractivity contribution in [1.29, 1.82) is 0 Å². The molecular weight excluding hydrogens is 191 g/mol. The van der Waals surface area contributed by atoms with Crippen LogP contribution >= 0.6 is 0 Å². The number of hydrogen-bond acceptors (Lipinski definition) is 1. The van der Waals surface area contributed by atoms with Crippen LogP contribution in [-0.4, -0.2) is 0 Å². The molecule has 1 atom stereocenters. The van der Waals surface area contributed by atoms with E-state index in [-0.39, 0.29) is 6.04 Å². The van der Waals surface area contributed by atoms with E-state index in [0.717, 1.165) is 6.07 Å². The molecule has 76 valence electrons. The first-order valence-electron chi connectivity index (χ1n) is 4.46. The van der Waals surface area contributed by atoms with Crippen molar-refractivity contribution in [2.75, 3.05) is 0 Å². The van der Waals surface area contributed by atoms with E-state index < -0.39 is 17.8 Å². The monoisotopic (exact) mass is 201 g/mol. The highest BCUT2D eigenvalue weighted by Crippen LogP contribution is 2.35. The topological polar surface area (TPSA) is 26.0 Å². The predicted molar refractivity (Wildman–Crippen MR) is 46.6 cm³/mol. The summed E-state index contributed by atoms with van der Waals surface area (Å²) in [4.78, 5) is 0. The Morgan fingerprint density at radius 3 is 2.71 bits per heavy atom. The molecule has 2 rings (SSSR count). The third-order valence-corrected chi connectivity index (χ3v) is 2.65. The van der Waals surface area contributed by atoms with E-state index in [0.29, 0.717) is 24.0 Å². The molecular formula is C10H10F3N. The van der Waals surface area contributed by atoms with Gasteiger partial charge in [-0.2, -0.15) is 0 Å². The van der Waals surface area contributed by atoms with Gasteiger partial charge in [0, 0.05) is 6.04 Å². The Kier molecular flexibility index (Phi) is 2.23. The van der Waals surface area contributed by atoms with Crippen molar-refractivity contribution in [3.8, 4) is 0 Å². The Morgan fingerprint density at radius 2 is 2.07 bits per heavy atom. The van der Waals surface area contributed by atoms with Gasteiger partial charge in [-0.15, -0.1) is 0 Å². The molecule has 1 aliphatic rings. The lowest BCUT2D eigenvalue weighted by Gasteiger charge is -2.08. The number of alkyl halides is 2. The van der Waals surface area contributed by atoms with Gasteiger partial charge in [-0.3, -0.25) is 0 Å². The number of fused-ring (bicyclic) bond motifs is 1. The molecule has 0 saturated carbocycles. The second-order valence-electron chi connectivity index (χ2n) is 3.48. The molecule has 1 nitrogen and oxygen atoms in total. The fourth-order valence-electron chi connectivity index (χ4n) is 1.88. The third-order valence-electron chi connectivity index (χ3n) is 2.65. The van der Waals surface area contributed by atoms with Crippen molar-refractivity contribution in [3.63, 3.8) is 0 Å². The highest BCUT2D eigenvalue weighted by atomic mass is 19.3. The average molecular weight is 201 g/mol. The lowest BCUT2D eigenvalue weighted by molar-refractivity contribution is 0.146. The van der Waals surface area contributed by atoms with E-state index in [1.807, 2.05) is 0 Å². The van der Waals surface area contributed by atoms with Crippen LogP contribution in [0.5, 0.6) is 0 Å². The fraction of sp³-hybridized carbons (Fsp3) is 0.400. The summed E-state index contributed by atoms with van der Waals surface area (Å²) >= 11 is 0. The summed E-state index contributed by atoms with van der Waals surface area (Å²) < 4.78 is 38.1. The van der Waals surface area contributed by atoms with Gasteiger partial charge in [-0.25, -0.2) is 13.2 Å². The molecule has 0 spiro atoms. The Morgan fingerprint density at radius 1 is 1.36 bits per heavy atom. The van der Waals surface area contributed by atoms with Crippen LogP contribution in [0, 0.1) is 5.82 Å². The molecule has 1 aliphatic carbocycles. The van der Waals surface area contributed by atoms with E-state index >= 15 is 0 Å². The molecule has 0 fully saturated rings. The van der Waals surface area contributed by atoms with Gasteiger partial charge in [0.2, 0.25) is 0 Å². The van der Waals surface area contributed by atoms with E-state index in [4.69, 9.17) is 5.73 Å². The molecule has 0 saturated heterocycles. The number of rotatable bonds is 1. The average Bonchev–Trinajstić information content (AvgIpc) is 2.49. The van der Waals surface area contributed by atoms with E-state index in [1.54, 1.807) is 0 Å². The quantitative estimate of drug-likeness (QED) is 0.742. The van der Waals surface area contributed by atoms with Crippen LogP contribution in [0.15, 0.2) is 12.1 Å². The molecule has 4 heteroatoms. The van der Waals surface area contributed by atoms with Gasteiger partial charge < -0.3 is 5.73 Å². The largest absolute Gasteiger partial charge is 0.324 e. The molecule has 1 aromatic rings. The number of benzene rings is 1. The maximum Gasteiger partial charge on any atom is 0.266 e. The Balaban J connectivity index is 2.53. The first kappa shape index (κ1) is 9.52. The lowest BCUT2D eigenvalue weighted by Crippen LogP contribution is -2.06. The summed E-state index contributed by atoms with van der Waals surface area (Å²) in [5.41, 5.74) is 6.22. The number of nitrogens with two attached hydrogens (primary N) is 1. The van der Waals surface area contributed by atoms with Crippen LogP contribution in [0.4, 0.5) is 13.2 Å². The predicted octanol–water partition coefficient (Wildman–Crippen LogP) is 2.71. The van der Waals surface area contributed by atoms with Crippen molar-refractivity contribution in [1.82, 2.24) is 0 Å². The molecule has 14 heavy (non-hydrogen) atoms. The van der Waals surface area contributed by atoms with Gasteiger partial charge in [-0.05, 0) is 24.0 Å². The summed E-state index contributed by atoms with van der Waals surface area (Å²) in [5.74, 6) is -0.773. The van der Waals surface area contributed by atoms with Gasteiger partial charge in [0.1, 0.15) is 5.82 Å². The third kappa shape index (κ3) is 1.30. The molecule has 2 N–H and O–H groups in total. The van der Waals surface area contributed by atoms with Crippen LogP contribution in [0.1, 0.15) is 35.6 Å². The molecule has 1 unspecified atom stereocenters. The maximum absolute atomic E-state index is 13.5. The van der Waals surface area contributed by atoms with Crippen LogP contribution in [0.2, 0.25) is 0 Å². The second kappa shape index (κ2) is 3.28. The van der Waals surface area contributed by atoms with E-state index in [9.17, 15) is 13.2 Å². The minimum atomic E-state index is -2.75. The standard InChI is InChI=1S/C10H10F3N/c11-9-6-3-4-8(14)5(6)1-2-7(9)10(12)13/h1-2,8,10H,3-4,14H2. The first-order valence-corrected chi connectivity index (χ1v) is 4.46. The second-order valence-corrected chi connectivity index (χ2v) is 3.48. The van der Waals surface area contributed by atoms with Crippen LogP contribution in [0.3, 0.4) is 0 Å². The zero-order valence-corrected chi connectivity index (χ0v) is 7.43. The zero-order valence-electron chi connectivity index (χ0n) is 7.43. The fourth-order valence-corrected chi connectivity index (χ4v) is 1.88. The van der Waals surface area contributed by atoms with Crippen molar-refractivity contribution in [3.05, 3.63) is 34.6 Å². The van der Waals surface area contributed by atoms with Crippen molar-refractivity contribution in [2.24, 2.45) is 5.73 Å². The Hall–Kier alpha value is -1.03. The normalized spacial score (nSPS) is 20.2.